The van der Waals surface area contributed by atoms with Crippen molar-refractivity contribution >= 4 is 52.4 Å². The molecular formula is C19H20Cl2N4O4. The number of nitrogens with one attached hydrogen (secondary N) is 3. The van der Waals surface area contributed by atoms with Crippen molar-refractivity contribution in [1.82, 2.24) is 10.2 Å². The molecule has 0 radical (unpaired) electrons. The van der Waals surface area contributed by atoms with Gasteiger partial charge in [-0.05, 0) is 49.5 Å². The Labute approximate surface area is 178 Å². The number of methoxy groups -OCH3 is 1. The Hall–Kier alpha value is -2.81. The zero-order chi connectivity index (χ0) is 21.4. The summed E-state index contributed by atoms with van der Waals surface area (Å²) < 4.78 is 5.03. The number of nitrogens with zero attached hydrogens (tertiary/aromatic N) is 1. The maximum Gasteiger partial charge on any atom is 0.325 e. The molecule has 0 unspecified atom stereocenters. The van der Waals surface area contributed by atoms with E-state index in [0.29, 0.717) is 27.2 Å². The third-order valence-corrected chi connectivity index (χ3v) is 4.37. The second-order valence-corrected chi connectivity index (χ2v) is 6.89. The molecule has 4 amide bonds. The summed E-state index contributed by atoms with van der Waals surface area (Å²) in [5.74, 6) is -0.255. The molecule has 0 spiro atoms. The largest absolute Gasteiger partial charge is 0.497 e. The molecule has 29 heavy (non-hydrogen) atoms. The predicted molar refractivity (Wildman–Crippen MR) is 113 cm³/mol. The molecule has 2 aromatic rings. The second-order valence-electron chi connectivity index (χ2n) is 6.08. The zero-order valence-electron chi connectivity index (χ0n) is 15.8. The van der Waals surface area contributed by atoms with Crippen molar-refractivity contribution in [3.8, 4) is 5.75 Å². The Morgan fingerprint density at radius 2 is 1.52 bits per heavy atom. The summed E-state index contributed by atoms with van der Waals surface area (Å²) in [6.45, 7) is -0.210. The molecule has 0 saturated heterocycles. The van der Waals surface area contributed by atoms with Gasteiger partial charge in [-0.15, -0.1) is 0 Å². The average Bonchev–Trinajstić information content (AvgIpc) is 2.64. The lowest BCUT2D eigenvalue weighted by Gasteiger charge is -2.16. The zero-order valence-corrected chi connectivity index (χ0v) is 17.3. The van der Waals surface area contributed by atoms with Crippen LogP contribution >= 0.6 is 23.2 Å². The highest BCUT2D eigenvalue weighted by Gasteiger charge is 2.14. The highest BCUT2D eigenvalue weighted by molar-refractivity contribution is 6.42. The van der Waals surface area contributed by atoms with Crippen LogP contribution in [0.3, 0.4) is 0 Å². The molecule has 0 atom stereocenters. The first-order chi connectivity index (χ1) is 13.8. The van der Waals surface area contributed by atoms with Crippen LogP contribution in [0.25, 0.3) is 0 Å². The van der Waals surface area contributed by atoms with Gasteiger partial charge in [0.05, 0.1) is 30.2 Å². The topological polar surface area (TPSA) is 99.8 Å². The molecule has 0 aliphatic rings. The molecular weight excluding hydrogens is 419 g/mol. The van der Waals surface area contributed by atoms with E-state index in [4.69, 9.17) is 27.9 Å². The molecule has 0 aromatic heterocycles. The van der Waals surface area contributed by atoms with E-state index < -0.39 is 11.9 Å². The number of urea groups is 1. The van der Waals surface area contributed by atoms with Crippen LogP contribution in [0.5, 0.6) is 5.75 Å². The quantitative estimate of drug-likeness (QED) is 0.615. The van der Waals surface area contributed by atoms with Crippen LogP contribution in [0.15, 0.2) is 42.5 Å². The van der Waals surface area contributed by atoms with E-state index in [-0.39, 0.29) is 19.0 Å². The van der Waals surface area contributed by atoms with Crippen molar-refractivity contribution in [2.75, 3.05) is 37.9 Å². The number of carbonyl (C=O) groups excluding carboxylic acids is 3. The lowest BCUT2D eigenvalue weighted by molar-refractivity contribution is -0.121. The van der Waals surface area contributed by atoms with Gasteiger partial charge in [-0.25, -0.2) is 4.79 Å². The SMILES string of the molecule is COc1ccc(NC(=O)NC(=O)CN(C)CC(=O)Nc2ccc(Cl)c(Cl)c2)cc1. The summed E-state index contributed by atoms with van der Waals surface area (Å²) >= 11 is 11.7. The Bertz CT molecular complexity index is 890. The number of likely N-dealkylation sites (N-methyl/N-ethyl adjacent to an activating group) is 1. The summed E-state index contributed by atoms with van der Waals surface area (Å²) in [7, 11) is 3.12. The monoisotopic (exact) mass is 438 g/mol. The van der Waals surface area contributed by atoms with E-state index in [0.717, 1.165) is 0 Å². The molecule has 10 heteroatoms. The van der Waals surface area contributed by atoms with Gasteiger partial charge in [-0.3, -0.25) is 19.8 Å². The number of benzene rings is 2. The number of imide groups is 1. The summed E-state index contributed by atoms with van der Waals surface area (Å²) in [5, 5.41) is 8.08. The minimum Gasteiger partial charge on any atom is -0.497 e. The van der Waals surface area contributed by atoms with Gasteiger partial charge in [0, 0.05) is 11.4 Å². The predicted octanol–water partition coefficient (Wildman–Crippen LogP) is 3.22. The van der Waals surface area contributed by atoms with Crippen LogP contribution in [0.4, 0.5) is 16.2 Å². The van der Waals surface area contributed by atoms with Crippen molar-refractivity contribution in [3.63, 3.8) is 0 Å². The van der Waals surface area contributed by atoms with Crippen molar-refractivity contribution in [2.45, 2.75) is 0 Å². The van der Waals surface area contributed by atoms with E-state index in [2.05, 4.69) is 16.0 Å². The maximum absolute atomic E-state index is 12.1. The smallest absolute Gasteiger partial charge is 0.325 e. The Kier molecular flexibility index (Phi) is 8.26. The Morgan fingerprint density at radius 1 is 0.897 bits per heavy atom. The van der Waals surface area contributed by atoms with Crippen LogP contribution in [0, 0.1) is 0 Å². The van der Waals surface area contributed by atoms with Gasteiger partial charge in [0.15, 0.2) is 0 Å². The summed E-state index contributed by atoms with van der Waals surface area (Å²) in [6, 6.07) is 10.7. The molecule has 0 bridgehead atoms. The lowest BCUT2D eigenvalue weighted by atomic mass is 10.3. The maximum atomic E-state index is 12.1. The Morgan fingerprint density at radius 3 is 2.14 bits per heavy atom. The van der Waals surface area contributed by atoms with Crippen LogP contribution in [-0.2, 0) is 9.59 Å². The molecule has 0 aliphatic carbocycles. The number of halogens is 2. The lowest BCUT2D eigenvalue weighted by Crippen LogP contribution is -2.42. The molecule has 2 rings (SSSR count). The van der Waals surface area contributed by atoms with Gasteiger partial charge in [0.2, 0.25) is 11.8 Å². The summed E-state index contributed by atoms with van der Waals surface area (Å²) in [6.07, 6.45) is 0. The standard InChI is InChI=1S/C19H20Cl2N4O4/c1-25(10-17(26)22-13-5-8-15(20)16(21)9-13)11-18(27)24-19(28)23-12-3-6-14(29-2)7-4-12/h3-9H,10-11H2,1-2H3,(H,22,26)(H2,23,24,27,28). The number of rotatable bonds is 7. The van der Waals surface area contributed by atoms with Gasteiger partial charge >= 0.3 is 6.03 Å². The molecule has 0 heterocycles. The van der Waals surface area contributed by atoms with Crippen molar-refractivity contribution in [1.29, 1.82) is 0 Å². The van der Waals surface area contributed by atoms with Gasteiger partial charge in [-0.1, -0.05) is 23.2 Å². The van der Waals surface area contributed by atoms with Crippen molar-refractivity contribution in [2.24, 2.45) is 0 Å². The van der Waals surface area contributed by atoms with E-state index in [1.165, 1.54) is 18.1 Å². The van der Waals surface area contributed by atoms with Gasteiger partial charge in [-0.2, -0.15) is 0 Å². The third-order valence-electron chi connectivity index (χ3n) is 3.63. The van der Waals surface area contributed by atoms with Gasteiger partial charge in [0.1, 0.15) is 5.75 Å². The Balaban J connectivity index is 1.76. The minimum atomic E-state index is -0.672. The number of anilines is 2. The van der Waals surface area contributed by atoms with Crippen LogP contribution in [-0.4, -0.2) is 50.0 Å². The van der Waals surface area contributed by atoms with E-state index in [1.54, 1.807) is 43.4 Å². The molecule has 2 aromatic carbocycles. The van der Waals surface area contributed by atoms with E-state index in [1.807, 2.05) is 0 Å². The molecule has 0 aliphatic heterocycles. The number of hydrogen-bond donors (Lipinski definition) is 3. The normalized spacial score (nSPS) is 10.4. The summed E-state index contributed by atoms with van der Waals surface area (Å²) in [5.41, 5.74) is 0.992. The fourth-order valence-corrected chi connectivity index (χ4v) is 2.62. The number of carbonyl (C=O) groups is 3. The average molecular weight is 439 g/mol. The van der Waals surface area contributed by atoms with Crippen LogP contribution in [0.1, 0.15) is 0 Å². The van der Waals surface area contributed by atoms with E-state index in [9.17, 15) is 14.4 Å². The second kappa shape index (κ2) is 10.7. The number of ether oxygens (including phenoxy) is 1. The van der Waals surface area contributed by atoms with Gasteiger partial charge in [0.25, 0.3) is 0 Å². The van der Waals surface area contributed by atoms with Gasteiger partial charge < -0.3 is 15.4 Å². The number of hydrogen-bond acceptors (Lipinski definition) is 5. The minimum absolute atomic E-state index is 0.0617. The van der Waals surface area contributed by atoms with Crippen molar-refractivity contribution in [3.05, 3.63) is 52.5 Å². The first kappa shape index (κ1) is 22.5. The fraction of sp³-hybridized carbons (Fsp3) is 0.211. The number of amides is 4. The highest BCUT2D eigenvalue weighted by atomic mass is 35.5. The van der Waals surface area contributed by atoms with Crippen LogP contribution < -0.4 is 20.7 Å². The third kappa shape index (κ3) is 7.61. The molecule has 3 N–H and O–H groups in total. The summed E-state index contributed by atoms with van der Waals surface area (Å²) in [4.78, 5) is 37.4. The first-order valence-electron chi connectivity index (χ1n) is 8.45. The molecule has 0 saturated carbocycles. The van der Waals surface area contributed by atoms with Crippen molar-refractivity contribution < 1.29 is 19.1 Å². The molecule has 154 valence electrons. The molecule has 0 fully saturated rings. The molecule has 8 nitrogen and oxygen atoms in total. The highest BCUT2D eigenvalue weighted by Crippen LogP contribution is 2.24. The van der Waals surface area contributed by atoms with E-state index >= 15 is 0 Å². The first-order valence-corrected chi connectivity index (χ1v) is 9.20. The fourth-order valence-electron chi connectivity index (χ4n) is 2.32. The van der Waals surface area contributed by atoms with Crippen LogP contribution in [0.2, 0.25) is 10.0 Å².